The highest BCUT2D eigenvalue weighted by Gasteiger charge is 2.58. The van der Waals surface area contributed by atoms with E-state index >= 15 is 0 Å². The van der Waals surface area contributed by atoms with Crippen LogP contribution >= 0.6 is 0 Å². The molecular formula is C21H19N3O2. The van der Waals surface area contributed by atoms with E-state index in [1.54, 1.807) is 28.0 Å². The molecule has 1 unspecified atom stereocenters. The molecule has 0 radical (unpaired) electrons. The number of benzene rings is 2. The number of nitrogens with one attached hydrogen (secondary N) is 1. The van der Waals surface area contributed by atoms with Gasteiger partial charge in [-0.3, -0.25) is 14.5 Å². The van der Waals surface area contributed by atoms with Crippen molar-refractivity contribution in [2.45, 2.75) is 5.66 Å². The molecule has 5 nitrogen and oxygen atoms in total. The average molecular weight is 345 g/mol. The van der Waals surface area contributed by atoms with E-state index in [4.69, 9.17) is 0 Å². The van der Waals surface area contributed by atoms with Gasteiger partial charge in [-0.2, -0.15) is 0 Å². The highest BCUT2D eigenvalue weighted by atomic mass is 16.2. The number of anilines is 2. The smallest absolute Gasteiger partial charge is 0.279 e. The zero-order valence-electron chi connectivity index (χ0n) is 14.3. The second-order valence-corrected chi connectivity index (χ2v) is 6.31. The molecular weight excluding hydrogens is 326 g/mol. The Morgan fingerprint density at radius 2 is 1.65 bits per heavy atom. The Morgan fingerprint density at radius 1 is 0.962 bits per heavy atom. The van der Waals surface area contributed by atoms with Gasteiger partial charge in [0.15, 0.2) is 0 Å². The van der Waals surface area contributed by atoms with Crippen LogP contribution in [-0.2, 0) is 10.5 Å². The van der Waals surface area contributed by atoms with E-state index in [9.17, 15) is 9.59 Å². The second-order valence-electron chi connectivity index (χ2n) is 6.31. The molecule has 1 atom stereocenters. The van der Waals surface area contributed by atoms with Crippen molar-refractivity contribution in [1.82, 2.24) is 4.90 Å². The summed E-state index contributed by atoms with van der Waals surface area (Å²) in [6.07, 6.45) is 3.32. The summed E-state index contributed by atoms with van der Waals surface area (Å²) >= 11 is 0. The Hall–Kier alpha value is -3.34. The largest absolute Gasteiger partial charge is 0.350 e. The lowest BCUT2D eigenvalue weighted by Gasteiger charge is -2.44. The van der Waals surface area contributed by atoms with Crippen molar-refractivity contribution in [3.63, 3.8) is 0 Å². The maximum atomic E-state index is 13.6. The maximum Gasteiger partial charge on any atom is 0.279 e. The first-order valence-electron chi connectivity index (χ1n) is 8.47. The summed E-state index contributed by atoms with van der Waals surface area (Å²) in [6, 6.07) is 14.8. The fourth-order valence-electron chi connectivity index (χ4n) is 3.81. The normalized spacial score (nSPS) is 20.6. The zero-order valence-corrected chi connectivity index (χ0v) is 14.3. The van der Waals surface area contributed by atoms with Crippen LogP contribution in [0.3, 0.4) is 0 Å². The van der Waals surface area contributed by atoms with E-state index < -0.39 is 5.66 Å². The third kappa shape index (κ3) is 1.97. The molecule has 0 bridgehead atoms. The Labute approximate surface area is 152 Å². The molecule has 5 heteroatoms. The molecule has 2 heterocycles. The van der Waals surface area contributed by atoms with Crippen molar-refractivity contribution in [1.29, 1.82) is 0 Å². The molecule has 2 aromatic rings. The number of carbonyl (C=O) groups is 2. The minimum Gasteiger partial charge on any atom is -0.350 e. The molecule has 0 aromatic heterocycles. The number of hydrogen-bond donors (Lipinski definition) is 1. The van der Waals surface area contributed by atoms with Crippen LogP contribution in [0.5, 0.6) is 0 Å². The van der Waals surface area contributed by atoms with Crippen LogP contribution in [0.2, 0.25) is 0 Å². The molecule has 130 valence electrons. The van der Waals surface area contributed by atoms with Gasteiger partial charge in [-0.05, 0) is 18.2 Å². The second kappa shape index (κ2) is 5.88. The van der Waals surface area contributed by atoms with Crippen molar-refractivity contribution in [3.8, 4) is 0 Å². The molecule has 0 saturated carbocycles. The van der Waals surface area contributed by atoms with Crippen LogP contribution in [0, 0.1) is 0 Å². The van der Waals surface area contributed by atoms with Crippen LogP contribution in [0.4, 0.5) is 11.4 Å². The first kappa shape index (κ1) is 16.1. The number of amides is 2. The van der Waals surface area contributed by atoms with Gasteiger partial charge in [-0.15, -0.1) is 13.2 Å². The van der Waals surface area contributed by atoms with Crippen molar-refractivity contribution >= 4 is 23.2 Å². The minimum absolute atomic E-state index is 0.191. The topological polar surface area (TPSA) is 52.7 Å². The SMILES string of the molecule is C=CCN1C(=O)C2(Nc3ccccc3C(=O)N2CC=C)c2ccccc21. The number of fused-ring (bicyclic) bond motifs is 3. The standard InChI is InChI=1S/C21H19N3O2/c1-3-13-23-18-12-8-6-10-16(18)21(20(23)26)22-17-11-7-5-9-15(17)19(25)24(21)14-4-2/h3-12,22H,1-2,13-14H2. The Morgan fingerprint density at radius 3 is 2.42 bits per heavy atom. The van der Waals surface area contributed by atoms with Gasteiger partial charge in [0, 0.05) is 24.3 Å². The fraction of sp³-hybridized carbons (Fsp3) is 0.143. The molecule has 1 spiro atoms. The molecule has 2 aliphatic rings. The Bertz CT molecular complexity index is 936. The number of rotatable bonds is 4. The van der Waals surface area contributed by atoms with E-state index in [-0.39, 0.29) is 18.4 Å². The lowest BCUT2D eigenvalue weighted by molar-refractivity contribution is -0.127. The average Bonchev–Trinajstić information content (AvgIpc) is 2.89. The summed E-state index contributed by atoms with van der Waals surface area (Å²) in [6.45, 7) is 8.16. The monoisotopic (exact) mass is 345 g/mol. The van der Waals surface area contributed by atoms with Crippen molar-refractivity contribution in [2.24, 2.45) is 0 Å². The zero-order chi connectivity index (χ0) is 18.3. The summed E-state index contributed by atoms with van der Waals surface area (Å²) in [7, 11) is 0. The van der Waals surface area contributed by atoms with Gasteiger partial charge < -0.3 is 10.2 Å². The van der Waals surface area contributed by atoms with Crippen molar-refractivity contribution in [2.75, 3.05) is 23.3 Å². The van der Waals surface area contributed by atoms with Crippen molar-refractivity contribution in [3.05, 3.63) is 85.0 Å². The van der Waals surface area contributed by atoms with E-state index in [2.05, 4.69) is 18.5 Å². The Balaban J connectivity index is 1.98. The Kier molecular flexibility index (Phi) is 3.65. The first-order valence-corrected chi connectivity index (χ1v) is 8.47. The van der Waals surface area contributed by atoms with E-state index in [1.165, 1.54) is 0 Å². The predicted molar refractivity (Wildman–Crippen MR) is 102 cm³/mol. The summed E-state index contributed by atoms with van der Waals surface area (Å²) in [4.78, 5) is 30.0. The minimum atomic E-state index is -1.28. The number of hydrogen-bond acceptors (Lipinski definition) is 3. The third-order valence-electron chi connectivity index (χ3n) is 4.89. The van der Waals surface area contributed by atoms with Gasteiger partial charge in [0.1, 0.15) is 0 Å². The third-order valence-corrected chi connectivity index (χ3v) is 4.89. The fourth-order valence-corrected chi connectivity index (χ4v) is 3.81. The lowest BCUT2D eigenvalue weighted by Crippen LogP contribution is -2.62. The van der Waals surface area contributed by atoms with Gasteiger partial charge in [-0.1, -0.05) is 42.5 Å². The van der Waals surface area contributed by atoms with Crippen LogP contribution < -0.4 is 10.2 Å². The molecule has 0 saturated heterocycles. The highest BCUT2D eigenvalue weighted by Crippen LogP contribution is 2.47. The van der Waals surface area contributed by atoms with Crippen LogP contribution in [-0.4, -0.2) is 29.8 Å². The molecule has 1 N–H and O–H groups in total. The quantitative estimate of drug-likeness (QED) is 0.866. The maximum absolute atomic E-state index is 13.6. The summed E-state index contributed by atoms with van der Waals surface area (Å²) in [5.74, 6) is -0.383. The summed E-state index contributed by atoms with van der Waals surface area (Å²) in [5, 5.41) is 3.36. The predicted octanol–water partition coefficient (Wildman–Crippen LogP) is 3.13. The molecule has 2 amide bonds. The molecule has 4 rings (SSSR count). The van der Waals surface area contributed by atoms with E-state index in [0.717, 1.165) is 11.3 Å². The molecule has 26 heavy (non-hydrogen) atoms. The van der Waals surface area contributed by atoms with Crippen molar-refractivity contribution < 1.29 is 9.59 Å². The number of nitrogens with zero attached hydrogens (tertiary/aromatic N) is 2. The molecule has 0 fully saturated rings. The van der Waals surface area contributed by atoms with Crippen LogP contribution in [0.1, 0.15) is 15.9 Å². The molecule has 2 aliphatic heterocycles. The number of carbonyl (C=O) groups excluding carboxylic acids is 2. The molecule has 2 aromatic carbocycles. The van der Waals surface area contributed by atoms with E-state index in [1.807, 2.05) is 42.5 Å². The van der Waals surface area contributed by atoms with Gasteiger partial charge in [-0.25, -0.2) is 0 Å². The van der Waals surface area contributed by atoms with Gasteiger partial charge >= 0.3 is 0 Å². The summed E-state index contributed by atoms with van der Waals surface area (Å²) < 4.78 is 0. The van der Waals surface area contributed by atoms with Crippen LogP contribution in [0.15, 0.2) is 73.8 Å². The van der Waals surface area contributed by atoms with Crippen LogP contribution in [0.25, 0.3) is 0 Å². The van der Waals surface area contributed by atoms with Gasteiger partial charge in [0.05, 0.1) is 11.3 Å². The molecule has 0 aliphatic carbocycles. The first-order chi connectivity index (χ1) is 12.6. The summed E-state index contributed by atoms with van der Waals surface area (Å²) in [5.41, 5.74) is 1.47. The van der Waals surface area contributed by atoms with Gasteiger partial charge in [0.25, 0.3) is 11.8 Å². The van der Waals surface area contributed by atoms with E-state index in [0.29, 0.717) is 17.8 Å². The lowest BCUT2D eigenvalue weighted by atomic mass is 9.93. The van der Waals surface area contributed by atoms with Gasteiger partial charge in [0.2, 0.25) is 5.66 Å². The highest BCUT2D eigenvalue weighted by molar-refractivity contribution is 6.15. The number of para-hydroxylation sites is 2.